The minimum Gasteiger partial charge on any atom is -0.376 e. The molecule has 25 heavy (non-hydrogen) atoms. The van der Waals surface area contributed by atoms with Crippen molar-refractivity contribution < 1.29 is 14.3 Å². The van der Waals surface area contributed by atoms with E-state index in [0.29, 0.717) is 13.2 Å². The Hall–Kier alpha value is -1.60. The van der Waals surface area contributed by atoms with Gasteiger partial charge in [-0.1, -0.05) is 0 Å². The van der Waals surface area contributed by atoms with Gasteiger partial charge < -0.3 is 19.7 Å². The summed E-state index contributed by atoms with van der Waals surface area (Å²) in [5, 5.41) is 7.19. The number of nitrogens with one attached hydrogen (secondary N) is 1. The molecule has 1 atom stereocenters. The first-order valence-corrected chi connectivity index (χ1v) is 9.37. The number of rotatable bonds is 5. The Morgan fingerprint density at radius 1 is 1.36 bits per heavy atom. The fraction of sp³-hybridized carbons (Fsp3) is 0.778. The van der Waals surface area contributed by atoms with E-state index in [4.69, 9.17) is 9.47 Å². The molecule has 2 amide bonds. The maximum Gasteiger partial charge on any atom is 0.317 e. The summed E-state index contributed by atoms with van der Waals surface area (Å²) >= 11 is 0. The molecule has 140 valence electrons. The lowest BCUT2D eigenvalue weighted by Gasteiger charge is -2.33. The second kappa shape index (κ2) is 8.67. The van der Waals surface area contributed by atoms with Crippen LogP contribution >= 0.6 is 0 Å². The van der Waals surface area contributed by atoms with Crippen molar-refractivity contribution in [2.24, 2.45) is 7.05 Å². The summed E-state index contributed by atoms with van der Waals surface area (Å²) in [4.78, 5) is 14.2. The summed E-state index contributed by atoms with van der Waals surface area (Å²) in [6, 6.07) is -0.00248. The van der Waals surface area contributed by atoms with E-state index < -0.39 is 0 Å². The van der Waals surface area contributed by atoms with Crippen LogP contribution < -0.4 is 5.32 Å². The summed E-state index contributed by atoms with van der Waals surface area (Å²) in [6.45, 7) is 5.57. The second-order valence-electron chi connectivity index (χ2n) is 7.05. The molecule has 1 aromatic rings. The van der Waals surface area contributed by atoms with Gasteiger partial charge in [0.1, 0.15) is 0 Å². The monoisotopic (exact) mass is 350 g/mol. The highest BCUT2D eigenvalue weighted by molar-refractivity contribution is 5.74. The predicted molar refractivity (Wildman–Crippen MR) is 94.3 cm³/mol. The number of nitrogens with zero attached hydrogens (tertiary/aromatic N) is 3. The molecular weight excluding hydrogens is 320 g/mol. The molecule has 1 unspecified atom stereocenters. The van der Waals surface area contributed by atoms with Crippen molar-refractivity contribution in [3.05, 3.63) is 17.5 Å². The van der Waals surface area contributed by atoms with Crippen LogP contribution in [0.4, 0.5) is 4.79 Å². The van der Waals surface area contributed by atoms with Crippen LogP contribution in [0.3, 0.4) is 0 Å². The highest BCUT2D eigenvalue weighted by atomic mass is 16.5. The number of aryl methyl sites for hydroxylation is 1. The normalized spacial score (nSPS) is 22.2. The zero-order valence-corrected chi connectivity index (χ0v) is 15.4. The van der Waals surface area contributed by atoms with Crippen LogP contribution in [0, 0.1) is 6.92 Å². The quantitative estimate of drug-likeness (QED) is 0.882. The molecule has 1 N–H and O–H groups in total. The first kappa shape index (κ1) is 18.2. The summed E-state index contributed by atoms with van der Waals surface area (Å²) in [5.41, 5.74) is 2.14. The van der Waals surface area contributed by atoms with Crippen molar-refractivity contribution in [3.63, 3.8) is 0 Å². The highest BCUT2D eigenvalue weighted by Gasteiger charge is 2.24. The first-order chi connectivity index (χ1) is 12.1. The standard InChI is InChI=1S/C18H30N4O3/c1-14-15(12-20-21(14)2)11-19-18(23)22-8-6-16(7-9-22)25-13-17-5-3-4-10-24-17/h12,16-17H,3-11,13H2,1-2H3,(H,19,23). The van der Waals surface area contributed by atoms with Gasteiger partial charge in [-0.3, -0.25) is 4.68 Å². The number of aromatic nitrogens is 2. The molecule has 7 heteroatoms. The van der Waals surface area contributed by atoms with Gasteiger partial charge in [0.25, 0.3) is 0 Å². The second-order valence-corrected chi connectivity index (χ2v) is 7.05. The fourth-order valence-corrected chi connectivity index (χ4v) is 3.41. The van der Waals surface area contributed by atoms with Crippen LogP contribution in [-0.2, 0) is 23.1 Å². The molecule has 3 heterocycles. The first-order valence-electron chi connectivity index (χ1n) is 9.37. The minimum atomic E-state index is -0.00248. The van der Waals surface area contributed by atoms with Gasteiger partial charge >= 0.3 is 6.03 Å². The van der Waals surface area contributed by atoms with Crippen LogP contribution in [0.5, 0.6) is 0 Å². The number of piperidine rings is 1. The number of amides is 2. The van der Waals surface area contributed by atoms with Gasteiger partial charge in [-0.15, -0.1) is 0 Å². The Kier molecular flexibility index (Phi) is 6.31. The van der Waals surface area contributed by atoms with E-state index in [1.165, 1.54) is 12.8 Å². The van der Waals surface area contributed by atoms with E-state index in [2.05, 4.69) is 10.4 Å². The largest absolute Gasteiger partial charge is 0.376 e. The Balaban J connectivity index is 1.35. The lowest BCUT2D eigenvalue weighted by molar-refractivity contribution is -0.0728. The molecule has 2 fully saturated rings. The predicted octanol–water partition coefficient (Wildman–Crippen LogP) is 1.99. The Labute approximate surface area is 149 Å². The Morgan fingerprint density at radius 3 is 2.80 bits per heavy atom. The van der Waals surface area contributed by atoms with E-state index in [1.807, 2.05) is 29.7 Å². The third-order valence-corrected chi connectivity index (χ3v) is 5.29. The van der Waals surface area contributed by atoms with Gasteiger partial charge in [0.15, 0.2) is 0 Å². The van der Waals surface area contributed by atoms with Crippen molar-refractivity contribution in [1.82, 2.24) is 20.0 Å². The zero-order valence-electron chi connectivity index (χ0n) is 15.4. The van der Waals surface area contributed by atoms with Crippen LogP contribution in [0.15, 0.2) is 6.20 Å². The van der Waals surface area contributed by atoms with Gasteiger partial charge in [-0.05, 0) is 39.0 Å². The number of carbonyl (C=O) groups excluding carboxylic acids is 1. The van der Waals surface area contributed by atoms with E-state index in [0.717, 1.165) is 50.2 Å². The number of hydrogen-bond donors (Lipinski definition) is 1. The van der Waals surface area contributed by atoms with Crippen LogP contribution in [0.1, 0.15) is 43.4 Å². The van der Waals surface area contributed by atoms with Crippen molar-refractivity contribution in [2.75, 3.05) is 26.3 Å². The molecule has 2 aliphatic rings. The van der Waals surface area contributed by atoms with E-state index >= 15 is 0 Å². The maximum atomic E-state index is 12.3. The minimum absolute atomic E-state index is 0.00248. The summed E-state index contributed by atoms with van der Waals surface area (Å²) in [6.07, 6.45) is 7.62. The zero-order chi connectivity index (χ0) is 17.6. The molecule has 0 saturated carbocycles. The van der Waals surface area contributed by atoms with E-state index in [9.17, 15) is 4.79 Å². The molecule has 0 radical (unpaired) electrons. The van der Waals surface area contributed by atoms with Crippen LogP contribution in [0.2, 0.25) is 0 Å². The molecule has 0 spiro atoms. The molecule has 2 aliphatic heterocycles. The lowest BCUT2D eigenvalue weighted by Crippen LogP contribution is -2.46. The molecule has 3 rings (SSSR count). The maximum absolute atomic E-state index is 12.3. The van der Waals surface area contributed by atoms with Crippen LogP contribution in [0.25, 0.3) is 0 Å². The number of hydrogen-bond acceptors (Lipinski definition) is 4. The third-order valence-electron chi connectivity index (χ3n) is 5.29. The summed E-state index contributed by atoms with van der Waals surface area (Å²) in [7, 11) is 1.91. The van der Waals surface area contributed by atoms with Crippen molar-refractivity contribution in [1.29, 1.82) is 0 Å². The average Bonchev–Trinajstić information content (AvgIpc) is 2.97. The van der Waals surface area contributed by atoms with Gasteiger partial charge in [-0.25, -0.2) is 4.79 Å². The average molecular weight is 350 g/mol. The van der Waals surface area contributed by atoms with Gasteiger partial charge in [0.2, 0.25) is 0 Å². The third kappa shape index (κ3) is 4.95. The van der Waals surface area contributed by atoms with Crippen molar-refractivity contribution in [2.45, 2.75) is 57.8 Å². The smallest absolute Gasteiger partial charge is 0.317 e. The number of ether oxygens (including phenoxy) is 2. The number of carbonyl (C=O) groups is 1. The fourth-order valence-electron chi connectivity index (χ4n) is 3.41. The van der Waals surface area contributed by atoms with Crippen LogP contribution in [-0.4, -0.2) is 59.2 Å². The molecule has 2 saturated heterocycles. The number of urea groups is 1. The Morgan fingerprint density at radius 2 is 2.16 bits per heavy atom. The SMILES string of the molecule is Cc1c(CNC(=O)N2CCC(OCC3CCCCO3)CC2)cnn1C. The lowest BCUT2D eigenvalue weighted by atomic mass is 10.1. The van der Waals surface area contributed by atoms with Crippen molar-refractivity contribution in [3.8, 4) is 0 Å². The van der Waals surface area contributed by atoms with E-state index in [-0.39, 0.29) is 18.2 Å². The molecule has 0 bridgehead atoms. The van der Waals surface area contributed by atoms with Gasteiger partial charge in [0.05, 0.1) is 25.0 Å². The highest BCUT2D eigenvalue weighted by Crippen LogP contribution is 2.18. The topological polar surface area (TPSA) is 68.6 Å². The summed E-state index contributed by atoms with van der Waals surface area (Å²) in [5.74, 6) is 0. The number of likely N-dealkylation sites (tertiary alicyclic amines) is 1. The summed E-state index contributed by atoms with van der Waals surface area (Å²) < 4.78 is 13.5. The van der Waals surface area contributed by atoms with Crippen molar-refractivity contribution >= 4 is 6.03 Å². The molecule has 0 aromatic carbocycles. The van der Waals surface area contributed by atoms with Gasteiger partial charge in [-0.2, -0.15) is 5.10 Å². The molecule has 0 aliphatic carbocycles. The van der Waals surface area contributed by atoms with E-state index in [1.54, 1.807) is 0 Å². The molecular formula is C18H30N4O3. The molecule has 7 nitrogen and oxygen atoms in total. The van der Waals surface area contributed by atoms with Gasteiger partial charge in [0, 0.05) is 44.5 Å². The Bertz CT molecular complexity index is 561. The molecule has 1 aromatic heterocycles.